The summed E-state index contributed by atoms with van der Waals surface area (Å²) in [6.07, 6.45) is 9.12. The number of hydrogen-bond donors (Lipinski definition) is 0. The fraction of sp³-hybridized carbons (Fsp3) is 0.846. The summed E-state index contributed by atoms with van der Waals surface area (Å²) in [7, 11) is 0. The molecule has 15 heavy (non-hydrogen) atoms. The van der Waals surface area contributed by atoms with E-state index in [2.05, 4.69) is 24.8 Å². The summed E-state index contributed by atoms with van der Waals surface area (Å²) in [5.74, 6) is 1.75. The topological polar surface area (TPSA) is 12.5 Å². The Bertz CT molecular complexity index is 225. The van der Waals surface area contributed by atoms with Crippen LogP contribution in [0, 0.1) is 11.8 Å². The second-order valence-corrected chi connectivity index (χ2v) is 5.00. The van der Waals surface area contributed by atoms with Crippen molar-refractivity contribution in [2.45, 2.75) is 46.0 Å². The molecule has 0 spiro atoms. The normalized spacial score (nSPS) is 32.7. The average Bonchev–Trinajstić information content (AvgIpc) is 2.16. The van der Waals surface area contributed by atoms with Crippen LogP contribution in [-0.4, -0.2) is 18.4 Å². The predicted molar refractivity (Wildman–Crippen MR) is 62.2 cm³/mol. The molecule has 0 amide bonds. The zero-order chi connectivity index (χ0) is 10.7. The molecule has 0 aromatic carbocycles. The van der Waals surface area contributed by atoms with Crippen molar-refractivity contribution in [3.63, 3.8) is 0 Å². The lowest BCUT2D eigenvalue weighted by molar-refractivity contribution is -0.128. The van der Waals surface area contributed by atoms with E-state index < -0.39 is 0 Å². The molecule has 1 aliphatic heterocycles. The van der Waals surface area contributed by atoms with Crippen LogP contribution in [0.3, 0.4) is 0 Å². The van der Waals surface area contributed by atoms with Gasteiger partial charge < -0.3 is 9.64 Å². The van der Waals surface area contributed by atoms with E-state index in [0.717, 1.165) is 31.7 Å². The molecule has 0 atom stereocenters. The van der Waals surface area contributed by atoms with Crippen LogP contribution in [0.25, 0.3) is 0 Å². The molecule has 2 fully saturated rings. The zero-order valence-electron chi connectivity index (χ0n) is 10.0. The number of allylic oxidation sites excluding steroid dienone is 2. The van der Waals surface area contributed by atoms with Gasteiger partial charge in [0.05, 0.1) is 0 Å². The van der Waals surface area contributed by atoms with Gasteiger partial charge in [0.1, 0.15) is 13.5 Å². The first-order valence-electron chi connectivity index (χ1n) is 6.34. The summed E-state index contributed by atoms with van der Waals surface area (Å²) < 4.78 is 5.26. The van der Waals surface area contributed by atoms with E-state index >= 15 is 0 Å². The monoisotopic (exact) mass is 209 g/mol. The van der Waals surface area contributed by atoms with E-state index in [-0.39, 0.29) is 0 Å². The molecule has 1 saturated carbocycles. The zero-order valence-corrected chi connectivity index (χ0v) is 10.0. The van der Waals surface area contributed by atoms with E-state index in [1.54, 1.807) is 5.70 Å². The maximum Gasteiger partial charge on any atom is 0.122 e. The van der Waals surface area contributed by atoms with Gasteiger partial charge >= 0.3 is 0 Å². The van der Waals surface area contributed by atoms with Crippen molar-refractivity contribution in [1.29, 1.82) is 0 Å². The Labute approximate surface area is 93.3 Å². The molecule has 0 aromatic rings. The Kier molecular flexibility index (Phi) is 3.68. The van der Waals surface area contributed by atoms with Crippen LogP contribution in [0.1, 0.15) is 46.0 Å². The van der Waals surface area contributed by atoms with Gasteiger partial charge in [-0.1, -0.05) is 32.8 Å². The summed E-state index contributed by atoms with van der Waals surface area (Å²) in [5.41, 5.74) is 1.57. The van der Waals surface area contributed by atoms with Crippen molar-refractivity contribution >= 4 is 0 Å². The molecule has 2 heteroatoms. The van der Waals surface area contributed by atoms with Crippen molar-refractivity contribution in [2.75, 3.05) is 13.5 Å². The van der Waals surface area contributed by atoms with Gasteiger partial charge in [-0.2, -0.15) is 0 Å². The number of rotatable bonds is 3. The van der Waals surface area contributed by atoms with Gasteiger partial charge in [0.2, 0.25) is 0 Å². The Morgan fingerprint density at radius 3 is 2.40 bits per heavy atom. The van der Waals surface area contributed by atoms with Crippen LogP contribution < -0.4 is 0 Å². The van der Waals surface area contributed by atoms with Gasteiger partial charge in [-0.15, -0.1) is 0 Å². The van der Waals surface area contributed by atoms with E-state index in [9.17, 15) is 0 Å². The fourth-order valence-electron chi connectivity index (χ4n) is 2.65. The molecule has 0 aromatic heterocycles. The third kappa shape index (κ3) is 2.54. The second-order valence-electron chi connectivity index (χ2n) is 5.00. The average molecular weight is 209 g/mol. The summed E-state index contributed by atoms with van der Waals surface area (Å²) in [6, 6.07) is 0. The van der Waals surface area contributed by atoms with Gasteiger partial charge in [-0.3, -0.25) is 0 Å². The largest absolute Gasteiger partial charge is 0.341 e. The molecule has 1 heterocycles. The predicted octanol–water partition coefficient (Wildman–Crippen LogP) is 3.35. The van der Waals surface area contributed by atoms with Crippen molar-refractivity contribution in [3.8, 4) is 0 Å². The van der Waals surface area contributed by atoms with Gasteiger partial charge in [0.25, 0.3) is 0 Å². The Morgan fingerprint density at radius 1 is 1.27 bits per heavy atom. The minimum atomic E-state index is 0.810. The summed E-state index contributed by atoms with van der Waals surface area (Å²) in [5, 5.41) is 0. The first kappa shape index (κ1) is 11.0. The van der Waals surface area contributed by atoms with Crippen LogP contribution in [-0.2, 0) is 4.74 Å². The molecule has 1 aliphatic carbocycles. The SMILES string of the molecule is CC/C=C(\C1CCC(C)CC1)N1COC1. The maximum atomic E-state index is 5.26. The third-order valence-electron chi connectivity index (χ3n) is 3.71. The second kappa shape index (κ2) is 5.02. The smallest absolute Gasteiger partial charge is 0.122 e. The Hall–Kier alpha value is -0.500. The van der Waals surface area contributed by atoms with Crippen molar-refractivity contribution in [3.05, 3.63) is 11.8 Å². The highest BCUT2D eigenvalue weighted by Gasteiger charge is 2.27. The molecule has 0 radical (unpaired) electrons. The summed E-state index contributed by atoms with van der Waals surface area (Å²) in [4.78, 5) is 2.39. The lowest BCUT2D eigenvalue weighted by Crippen LogP contribution is -2.41. The van der Waals surface area contributed by atoms with Gasteiger partial charge in [0, 0.05) is 5.70 Å². The highest BCUT2D eigenvalue weighted by atomic mass is 16.5. The summed E-state index contributed by atoms with van der Waals surface area (Å²) in [6.45, 7) is 6.24. The minimum absolute atomic E-state index is 0.810. The molecule has 0 unspecified atom stereocenters. The molecule has 2 aliphatic rings. The standard InChI is InChI=1S/C13H23NO/c1-3-4-13(14-9-15-10-14)12-7-5-11(2)6-8-12/h4,11-12H,3,5-10H2,1-2H3/b13-4+. The first-order chi connectivity index (χ1) is 7.31. The third-order valence-corrected chi connectivity index (χ3v) is 3.71. The van der Waals surface area contributed by atoms with E-state index in [4.69, 9.17) is 4.74 Å². The van der Waals surface area contributed by atoms with Crippen molar-refractivity contribution < 1.29 is 4.74 Å². The van der Waals surface area contributed by atoms with Crippen LogP contribution in [0.2, 0.25) is 0 Å². The summed E-state index contributed by atoms with van der Waals surface area (Å²) >= 11 is 0. The Balaban J connectivity index is 1.95. The van der Waals surface area contributed by atoms with Gasteiger partial charge in [-0.25, -0.2) is 0 Å². The fourth-order valence-corrected chi connectivity index (χ4v) is 2.65. The molecular weight excluding hydrogens is 186 g/mol. The van der Waals surface area contributed by atoms with Gasteiger partial charge in [-0.05, 0) is 31.1 Å². The van der Waals surface area contributed by atoms with Crippen LogP contribution >= 0.6 is 0 Å². The van der Waals surface area contributed by atoms with Crippen molar-refractivity contribution in [1.82, 2.24) is 4.90 Å². The molecule has 0 N–H and O–H groups in total. The molecule has 1 saturated heterocycles. The Morgan fingerprint density at radius 2 is 1.93 bits per heavy atom. The molecule has 0 bridgehead atoms. The van der Waals surface area contributed by atoms with E-state index in [1.807, 2.05) is 0 Å². The van der Waals surface area contributed by atoms with E-state index in [0.29, 0.717) is 0 Å². The maximum absolute atomic E-state index is 5.26. The molecule has 86 valence electrons. The minimum Gasteiger partial charge on any atom is -0.341 e. The molecule has 2 rings (SSSR count). The van der Waals surface area contributed by atoms with Crippen LogP contribution in [0.15, 0.2) is 11.8 Å². The molecule has 2 nitrogen and oxygen atoms in total. The van der Waals surface area contributed by atoms with Crippen LogP contribution in [0.4, 0.5) is 0 Å². The number of nitrogens with zero attached hydrogens (tertiary/aromatic N) is 1. The first-order valence-corrected chi connectivity index (χ1v) is 6.34. The highest BCUT2D eigenvalue weighted by molar-refractivity contribution is 5.07. The van der Waals surface area contributed by atoms with Gasteiger partial charge in [0.15, 0.2) is 0 Å². The lowest BCUT2D eigenvalue weighted by atomic mass is 9.81. The molecular formula is C13H23NO. The van der Waals surface area contributed by atoms with E-state index in [1.165, 1.54) is 25.7 Å². The quantitative estimate of drug-likeness (QED) is 0.706. The van der Waals surface area contributed by atoms with Crippen molar-refractivity contribution in [2.24, 2.45) is 11.8 Å². The van der Waals surface area contributed by atoms with Crippen LogP contribution in [0.5, 0.6) is 0 Å². The number of ether oxygens (including phenoxy) is 1. The highest BCUT2D eigenvalue weighted by Crippen LogP contribution is 2.35. The lowest BCUT2D eigenvalue weighted by Gasteiger charge is -2.40. The number of hydrogen-bond acceptors (Lipinski definition) is 2.